The molecule has 3 N–H and O–H groups in total. The molecule has 0 saturated carbocycles. The first-order chi connectivity index (χ1) is 10.5. The average Bonchev–Trinajstić information content (AvgIpc) is 3.01. The van der Waals surface area contributed by atoms with Crippen LogP contribution in [0.1, 0.15) is 17.3 Å². The standard InChI is InChI=1S/C15H17N3O4/c1-9(15(20)21)7-16-14(19)12-8-17-18-13(12)10-3-5-11(22-2)6-4-10/h3-6,8-9H,7H2,1-2H3,(H,16,19)(H,17,18)(H,20,21). The number of carbonyl (C=O) groups is 2. The number of methoxy groups -OCH3 is 1. The first-order valence-corrected chi connectivity index (χ1v) is 6.71. The Hall–Kier alpha value is -2.83. The molecule has 0 spiro atoms. The van der Waals surface area contributed by atoms with Crippen LogP contribution in [0, 0.1) is 5.92 Å². The molecule has 0 radical (unpaired) electrons. The predicted molar refractivity (Wildman–Crippen MR) is 79.7 cm³/mol. The summed E-state index contributed by atoms with van der Waals surface area (Å²) in [6, 6.07) is 7.18. The Balaban J connectivity index is 2.14. The lowest BCUT2D eigenvalue weighted by Gasteiger charge is -2.09. The van der Waals surface area contributed by atoms with Crippen LogP contribution >= 0.6 is 0 Å². The monoisotopic (exact) mass is 303 g/mol. The van der Waals surface area contributed by atoms with E-state index in [0.29, 0.717) is 17.0 Å². The number of aliphatic carboxylic acids is 1. The molecule has 7 nitrogen and oxygen atoms in total. The van der Waals surface area contributed by atoms with Crippen molar-refractivity contribution in [1.29, 1.82) is 0 Å². The van der Waals surface area contributed by atoms with Crippen LogP contribution in [0.4, 0.5) is 0 Å². The summed E-state index contributed by atoms with van der Waals surface area (Å²) in [4.78, 5) is 22.9. The number of rotatable bonds is 6. The van der Waals surface area contributed by atoms with Gasteiger partial charge in [0, 0.05) is 12.1 Å². The van der Waals surface area contributed by atoms with Gasteiger partial charge in [-0.15, -0.1) is 0 Å². The Kier molecular flexibility index (Phi) is 4.77. The number of carboxylic acid groups (broad SMARTS) is 1. The predicted octanol–water partition coefficient (Wildman–Crippen LogP) is 1.54. The molecule has 0 saturated heterocycles. The van der Waals surface area contributed by atoms with E-state index in [4.69, 9.17) is 9.84 Å². The molecule has 1 unspecified atom stereocenters. The van der Waals surface area contributed by atoms with E-state index in [2.05, 4.69) is 15.5 Å². The number of aromatic nitrogens is 2. The van der Waals surface area contributed by atoms with Gasteiger partial charge in [-0.3, -0.25) is 14.7 Å². The molecule has 7 heteroatoms. The van der Waals surface area contributed by atoms with Crippen molar-refractivity contribution >= 4 is 11.9 Å². The topological polar surface area (TPSA) is 104 Å². The average molecular weight is 303 g/mol. The first-order valence-electron chi connectivity index (χ1n) is 6.71. The molecule has 0 aliphatic heterocycles. The van der Waals surface area contributed by atoms with Gasteiger partial charge in [0.05, 0.1) is 30.5 Å². The van der Waals surface area contributed by atoms with E-state index in [1.807, 2.05) is 12.1 Å². The van der Waals surface area contributed by atoms with Crippen molar-refractivity contribution in [2.24, 2.45) is 5.92 Å². The van der Waals surface area contributed by atoms with Crippen molar-refractivity contribution in [3.05, 3.63) is 36.0 Å². The fourth-order valence-electron chi connectivity index (χ4n) is 1.86. The molecular formula is C15H17N3O4. The van der Waals surface area contributed by atoms with Gasteiger partial charge in [0.2, 0.25) is 0 Å². The molecule has 0 aliphatic rings. The first kappa shape index (κ1) is 15.6. The van der Waals surface area contributed by atoms with Crippen LogP contribution in [-0.2, 0) is 4.79 Å². The molecule has 2 rings (SSSR count). The van der Waals surface area contributed by atoms with Gasteiger partial charge in [-0.05, 0) is 24.3 Å². The number of nitrogens with zero attached hydrogens (tertiary/aromatic N) is 1. The van der Waals surface area contributed by atoms with E-state index in [1.54, 1.807) is 19.2 Å². The third-order valence-electron chi connectivity index (χ3n) is 3.25. The van der Waals surface area contributed by atoms with E-state index in [0.717, 1.165) is 5.56 Å². The fraction of sp³-hybridized carbons (Fsp3) is 0.267. The largest absolute Gasteiger partial charge is 0.497 e. The van der Waals surface area contributed by atoms with Gasteiger partial charge < -0.3 is 15.2 Å². The third-order valence-corrected chi connectivity index (χ3v) is 3.25. The van der Waals surface area contributed by atoms with Crippen LogP contribution in [0.2, 0.25) is 0 Å². The summed E-state index contributed by atoms with van der Waals surface area (Å²) in [6.45, 7) is 1.59. The highest BCUT2D eigenvalue weighted by atomic mass is 16.5. The number of ether oxygens (including phenoxy) is 1. The normalized spacial score (nSPS) is 11.7. The third kappa shape index (κ3) is 3.43. The molecule has 1 atom stereocenters. The SMILES string of the molecule is COc1ccc(-c2[nH]ncc2C(=O)NCC(C)C(=O)O)cc1. The second-order valence-corrected chi connectivity index (χ2v) is 4.84. The van der Waals surface area contributed by atoms with Crippen LogP contribution in [0.5, 0.6) is 5.75 Å². The molecule has 1 aromatic carbocycles. The highest BCUT2D eigenvalue weighted by molar-refractivity contribution is 5.99. The highest BCUT2D eigenvalue weighted by Gasteiger charge is 2.17. The van der Waals surface area contributed by atoms with Crippen LogP contribution in [0.3, 0.4) is 0 Å². The number of carbonyl (C=O) groups excluding carboxylic acids is 1. The number of carboxylic acids is 1. The Morgan fingerprint density at radius 2 is 2.05 bits per heavy atom. The maximum atomic E-state index is 12.2. The van der Waals surface area contributed by atoms with Gasteiger partial charge in [0.25, 0.3) is 5.91 Å². The zero-order valence-electron chi connectivity index (χ0n) is 12.3. The summed E-state index contributed by atoms with van der Waals surface area (Å²) in [5, 5.41) is 18.1. The van der Waals surface area contributed by atoms with Gasteiger partial charge in [0.1, 0.15) is 5.75 Å². The second kappa shape index (κ2) is 6.75. The maximum absolute atomic E-state index is 12.2. The summed E-state index contributed by atoms with van der Waals surface area (Å²) in [6.07, 6.45) is 1.42. The van der Waals surface area contributed by atoms with E-state index in [1.165, 1.54) is 13.1 Å². The summed E-state index contributed by atoms with van der Waals surface area (Å²) in [5.74, 6) is -1.26. The summed E-state index contributed by atoms with van der Waals surface area (Å²) < 4.78 is 5.09. The zero-order chi connectivity index (χ0) is 16.1. The van der Waals surface area contributed by atoms with E-state index >= 15 is 0 Å². The van der Waals surface area contributed by atoms with Gasteiger partial charge in [-0.1, -0.05) is 6.92 Å². The van der Waals surface area contributed by atoms with Crippen molar-refractivity contribution in [2.45, 2.75) is 6.92 Å². The second-order valence-electron chi connectivity index (χ2n) is 4.84. The molecule has 1 heterocycles. The molecule has 0 bridgehead atoms. The number of H-pyrrole nitrogens is 1. The minimum Gasteiger partial charge on any atom is -0.497 e. The van der Waals surface area contributed by atoms with Crippen LogP contribution in [-0.4, -0.2) is 40.8 Å². The van der Waals surface area contributed by atoms with Crippen LogP contribution in [0.15, 0.2) is 30.5 Å². The van der Waals surface area contributed by atoms with Crippen molar-refractivity contribution < 1.29 is 19.4 Å². The molecule has 0 fully saturated rings. The Morgan fingerprint density at radius 1 is 1.36 bits per heavy atom. The molecule has 22 heavy (non-hydrogen) atoms. The lowest BCUT2D eigenvalue weighted by molar-refractivity contribution is -0.140. The summed E-state index contributed by atoms with van der Waals surface area (Å²) in [5.41, 5.74) is 1.72. The Labute approximate surface area is 127 Å². The van der Waals surface area contributed by atoms with E-state index in [-0.39, 0.29) is 12.5 Å². The Bertz CT molecular complexity index is 664. The number of nitrogens with one attached hydrogen (secondary N) is 2. The van der Waals surface area contributed by atoms with Crippen LogP contribution < -0.4 is 10.1 Å². The van der Waals surface area contributed by atoms with Crippen molar-refractivity contribution in [3.8, 4) is 17.0 Å². The summed E-state index contributed by atoms with van der Waals surface area (Å²) in [7, 11) is 1.58. The van der Waals surface area contributed by atoms with Crippen LogP contribution in [0.25, 0.3) is 11.3 Å². The van der Waals surface area contributed by atoms with Gasteiger partial charge in [-0.2, -0.15) is 5.10 Å². The van der Waals surface area contributed by atoms with Crippen molar-refractivity contribution in [2.75, 3.05) is 13.7 Å². The molecule has 0 aliphatic carbocycles. The van der Waals surface area contributed by atoms with Crippen molar-refractivity contribution in [1.82, 2.24) is 15.5 Å². The van der Waals surface area contributed by atoms with Crippen molar-refractivity contribution in [3.63, 3.8) is 0 Å². The van der Waals surface area contributed by atoms with E-state index < -0.39 is 11.9 Å². The number of aromatic amines is 1. The molecule has 116 valence electrons. The summed E-state index contributed by atoms with van der Waals surface area (Å²) >= 11 is 0. The highest BCUT2D eigenvalue weighted by Crippen LogP contribution is 2.23. The maximum Gasteiger partial charge on any atom is 0.308 e. The number of hydrogen-bond acceptors (Lipinski definition) is 4. The van der Waals surface area contributed by atoms with Gasteiger partial charge in [-0.25, -0.2) is 0 Å². The number of benzene rings is 1. The van der Waals surface area contributed by atoms with Gasteiger partial charge in [0.15, 0.2) is 0 Å². The van der Waals surface area contributed by atoms with Gasteiger partial charge >= 0.3 is 5.97 Å². The number of amides is 1. The lowest BCUT2D eigenvalue weighted by Crippen LogP contribution is -2.31. The molecule has 1 amide bonds. The quantitative estimate of drug-likeness (QED) is 0.751. The molecule has 1 aromatic heterocycles. The Morgan fingerprint density at radius 3 is 2.64 bits per heavy atom. The van der Waals surface area contributed by atoms with E-state index in [9.17, 15) is 9.59 Å². The lowest BCUT2D eigenvalue weighted by atomic mass is 10.1. The molecular weight excluding hydrogens is 286 g/mol. The zero-order valence-corrected chi connectivity index (χ0v) is 12.3. The minimum absolute atomic E-state index is 0.0569. The fourth-order valence-corrected chi connectivity index (χ4v) is 1.86. The molecule has 2 aromatic rings. The minimum atomic E-state index is -0.956. The smallest absolute Gasteiger partial charge is 0.308 e. The number of hydrogen-bond donors (Lipinski definition) is 3.